The van der Waals surface area contributed by atoms with Gasteiger partial charge in [0.1, 0.15) is 5.75 Å². The van der Waals surface area contributed by atoms with Crippen LogP contribution in [0, 0.1) is 11.7 Å². The van der Waals surface area contributed by atoms with Crippen molar-refractivity contribution in [1.82, 2.24) is 20.1 Å². The Morgan fingerprint density at radius 2 is 1.81 bits per heavy atom. The van der Waals surface area contributed by atoms with Gasteiger partial charge < -0.3 is 15.4 Å². The van der Waals surface area contributed by atoms with E-state index in [1.54, 1.807) is 24.3 Å². The number of carbonyl (C=O) groups excluding carboxylic acids is 2. The molecule has 0 aliphatic carbocycles. The summed E-state index contributed by atoms with van der Waals surface area (Å²) in [6, 6.07) is 14.8. The first kappa shape index (κ1) is 22.2. The molecule has 3 aromatic rings. The average Bonchev–Trinajstić information content (AvgIpc) is 3.13. The van der Waals surface area contributed by atoms with Gasteiger partial charge in [0.15, 0.2) is 17.2 Å². The van der Waals surface area contributed by atoms with Gasteiger partial charge in [0.2, 0.25) is 5.91 Å². The summed E-state index contributed by atoms with van der Waals surface area (Å²) < 4.78 is 7.69. The average molecular weight is 440 g/mol. The summed E-state index contributed by atoms with van der Waals surface area (Å²) in [7, 11) is 0. The van der Waals surface area contributed by atoms with Crippen LogP contribution >= 0.6 is 12.2 Å². The zero-order valence-corrected chi connectivity index (χ0v) is 18.3. The second-order valence-electron chi connectivity index (χ2n) is 6.93. The number of ether oxygens (including phenoxy) is 1. The zero-order valence-electron chi connectivity index (χ0n) is 17.5. The maximum absolute atomic E-state index is 12.4. The molecule has 3 rings (SSSR count). The number of rotatable bonds is 9. The lowest BCUT2D eigenvalue weighted by atomic mass is 10.1. The number of nitrogens with zero attached hydrogens (tertiary/aromatic N) is 2. The number of aromatic amines is 1. The van der Waals surface area contributed by atoms with Crippen LogP contribution in [0.2, 0.25) is 0 Å². The summed E-state index contributed by atoms with van der Waals surface area (Å²) in [6.45, 7) is 4.78. The van der Waals surface area contributed by atoms with Crippen LogP contribution in [0.5, 0.6) is 5.75 Å². The molecule has 2 aromatic carbocycles. The van der Waals surface area contributed by atoms with Crippen LogP contribution in [-0.4, -0.2) is 39.7 Å². The summed E-state index contributed by atoms with van der Waals surface area (Å²) in [5, 5.41) is 12.6. The van der Waals surface area contributed by atoms with E-state index in [0.29, 0.717) is 35.1 Å². The lowest BCUT2D eigenvalue weighted by Crippen LogP contribution is -2.28. The van der Waals surface area contributed by atoms with Crippen molar-refractivity contribution >= 4 is 29.7 Å². The van der Waals surface area contributed by atoms with Crippen LogP contribution in [0.15, 0.2) is 48.5 Å². The smallest absolute Gasteiger partial charge is 0.257 e. The predicted molar refractivity (Wildman–Crippen MR) is 121 cm³/mol. The number of likely N-dealkylation sites (N-methyl/N-ethyl adjacent to an activating group) is 1. The quantitative estimate of drug-likeness (QED) is 0.443. The monoisotopic (exact) mass is 439 g/mol. The molecule has 9 heteroatoms. The lowest BCUT2D eigenvalue weighted by molar-refractivity contribution is -0.123. The number of hydrogen-bond acceptors (Lipinski definition) is 5. The van der Waals surface area contributed by atoms with Gasteiger partial charge in [0, 0.05) is 30.8 Å². The number of anilines is 1. The van der Waals surface area contributed by atoms with Crippen LogP contribution < -0.4 is 15.4 Å². The van der Waals surface area contributed by atoms with Crippen LogP contribution in [0.3, 0.4) is 0 Å². The Balaban J connectivity index is 1.55. The van der Waals surface area contributed by atoms with Gasteiger partial charge in [-0.1, -0.05) is 29.8 Å². The molecule has 0 fully saturated rings. The van der Waals surface area contributed by atoms with Gasteiger partial charge in [0.05, 0.1) is 0 Å². The van der Waals surface area contributed by atoms with E-state index in [2.05, 4.69) is 20.8 Å². The Morgan fingerprint density at radius 1 is 1.10 bits per heavy atom. The molecule has 3 N–H and O–H groups in total. The number of benzene rings is 2. The molecule has 0 saturated heterocycles. The van der Waals surface area contributed by atoms with Crippen molar-refractivity contribution in [3.8, 4) is 17.1 Å². The highest BCUT2D eigenvalue weighted by molar-refractivity contribution is 7.71. The van der Waals surface area contributed by atoms with E-state index >= 15 is 0 Å². The fourth-order valence-corrected chi connectivity index (χ4v) is 3.14. The van der Waals surface area contributed by atoms with Gasteiger partial charge in [0.25, 0.3) is 5.91 Å². The van der Waals surface area contributed by atoms with Crippen LogP contribution in [-0.2, 0) is 16.1 Å². The first-order chi connectivity index (χ1) is 15.0. The third-order valence-electron chi connectivity index (χ3n) is 4.51. The van der Waals surface area contributed by atoms with Gasteiger partial charge in [-0.2, -0.15) is 5.10 Å². The molecule has 0 saturated carbocycles. The molecule has 0 spiro atoms. The first-order valence-electron chi connectivity index (χ1n) is 9.98. The Kier molecular flexibility index (Phi) is 7.55. The number of nitrogens with one attached hydrogen (secondary N) is 3. The normalized spacial score (nSPS) is 10.5. The molecule has 8 nitrogen and oxygen atoms in total. The van der Waals surface area contributed by atoms with Gasteiger partial charge in [-0.05, 0) is 50.3 Å². The molecule has 0 aliphatic heterocycles. The Morgan fingerprint density at radius 3 is 2.48 bits per heavy atom. The highest BCUT2D eigenvalue weighted by Crippen LogP contribution is 2.19. The largest absolute Gasteiger partial charge is 0.484 e. The SMILES string of the molecule is CCNC(=O)COc1ccc(NC(=O)CCn2c(-c3ccc(C)cc3)n[nH]c2=S)cc1. The summed E-state index contributed by atoms with van der Waals surface area (Å²) in [4.78, 5) is 23.9. The Labute approximate surface area is 185 Å². The highest BCUT2D eigenvalue weighted by Gasteiger charge is 2.11. The Bertz CT molecular complexity index is 1090. The maximum Gasteiger partial charge on any atom is 0.257 e. The standard InChI is InChI=1S/C22H25N5O3S/c1-3-23-20(29)14-30-18-10-8-17(9-11-18)24-19(28)12-13-27-21(25-26-22(27)31)16-6-4-15(2)5-7-16/h4-11H,3,12-14H2,1-2H3,(H,23,29)(H,24,28)(H,26,31). The molecular weight excluding hydrogens is 414 g/mol. The van der Waals surface area contributed by atoms with E-state index in [4.69, 9.17) is 17.0 Å². The molecule has 0 bridgehead atoms. The molecule has 0 unspecified atom stereocenters. The summed E-state index contributed by atoms with van der Waals surface area (Å²) in [6.07, 6.45) is 0.238. The van der Waals surface area contributed by atoms with Crippen LogP contribution in [0.25, 0.3) is 11.4 Å². The topological polar surface area (TPSA) is 101 Å². The van der Waals surface area contributed by atoms with Crippen molar-refractivity contribution in [3.63, 3.8) is 0 Å². The van der Waals surface area contributed by atoms with Crippen molar-refractivity contribution in [3.05, 3.63) is 58.9 Å². The van der Waals surface area contributed by atoms with Crippen LogP contribution in [0.1, 0.15) is 18.9 Å². The molecular formula is C22H25N5O3S. The number of hydrogen-bond donors (Lipinski definition) is 3. The third kappa shape index (κ3) is 6.26. The minimum absolute atomic E-state index is 0.0474. The number of aryl methyl sites for hydroxylation is 1. The highest BCUT2D eigenvalue weighted by atomic mass is 32.1. The first-order valence-corrected chi connectivity index (χ1v) is 10.4. The second-order valence-corrected chi connectivity index (χ2v) is 7.32. The van der Waals surface area contributed by atoms with E-state index in [1.807, 2.05) is 42.7 Å². The van der Waals surface area contributed by atoms with Crippen molar-refractivity contribution in [1.29, 1.82) is 0 Å². The minimum atomic E-state index is -0.178. The van der Waals surface area contributed by atoms with Crippen molar-refractivity contribution in [2.45, 2.75) is 26.8 Å². The van der Waals surface area contributed by atoms with Gasteiger partial charge in [-0.25, -0.2) is 0 Å². The number of H-pyrrole nitrogens is 1. The molecule has 1 aromatic heterocycles. The van der Waals surface area contributed by atoms with Crippen molar-refractivity contribution < 1.29 is 14.3 Å². The van der Waals surface area contributed by atoms with E-state index < -0.39 is 0 Å². The Hall–Kier alpha value is -3.46. The lowest BCUT2D eigenvalue weighted by Gasteiger charge is -2.10. The third-order valence-corrected chi connectivity index (χ3v) is 4.82. The van der Waals surface area contributed by atoms with E-state index in [9.17, 15) is 9.59 Å². The number of aromatic nitrogens is 3. The van der Waals surface area contributed by atoms with Crippen molar-refractivity contribution in [2.24, 2.45) is 0 Å². The minimum Gasteiger partial charge on any atom is -0.484 e. The summed E-state index contributed by atoms with van der Waals surface area (Å²) in [5.41, 5.74) is 2.73. The van der Waals surface area contributed by atoms with E-state index in [0.717, 1.165) is 11.1 Å². The van der Waals surface area contributed by atoms with Gasteiger partial charge >= 0.3 is 0 Å². The van der Waals surface area contributed by atoms with E-state index in [1.165, 1.54) is 0 Å². The zero-order chi connectivity index (χ0) is 22.2. The molecule has 0 atom stereocenters. The summed E-state index contributed by atoms with van der Waals surface area (Å²) >= 11 is 5.33. The second kappa shape index (κ2) is 10.5. The molecule has 1 heterocycles. The molecule has 162 valence electrons. The molecule has 2 amide bonds. The number of amides is 2. The van der Waals surface area contributed by atoms with Crippen molar-refractivity contribution in [2.75, 3.05) is 18.5 Å². The molecule has 0 aliphatic rings. The molecule has 31 heavy (non-hydrogen) atoms. The molecule has 0 radical (unpaired) electrons. The van der Waals surface area contributed by atoms with Gasteiger partial charge in [-0.15, -0.1) is 0 Å². The van der Waals surface area contributed by atoms with Crippen LogP contribution in [0.4, 0.5) is 5.69 Å². The predicted octanol–water partition coefficient (Wildman–Crippen LogP) is 3.46. The number of carbonyl (C=O) groups is 2. The summed E-state index contributed by atoms with van der Waals surface area (Å²) in [5.74, 6) is 0.930. The van der Waals surface area contributed by atoms with Gasteiger partial charge in [-0.3, -0.25) is 19.3 Å². The van der Waals surface area contributed by atoms with E-state index in [-0.39, 0.29) is 24.8 Å². The maximum atomic E-state index is 12.4. The fraction of sp³-hybridized carbons (Fsp3) is 0.273. The fourth-order valence-electron chi connectivity index (χ4n) is 2.92.